The van der Waals surface area contributed by atoms with E-state index in [2.05, 4.69) is 26.2 Å². The molecule has 4 nitrogen and oxygen atoms in total. The third-order valence-electron chi connectivity index (χ3n) is 2.28. The van der Waals surface area contributed by atoms with Gasteiger partial charge in [-0.3, -0.25) is 9.78 Å². The van der Waals surface area contributed by atoms with Gasteiger partial charge in [-0.2, -0.15) is 0 Å². The molecule has 0 aliphatic carbocycles. The summed E-state index contributed by atoms with van der Waals surface area (Å²) in [7, 11) is 0. The SMILES string of the molecule is Nc1cnccc1NC(=O)c1ccc(Br)c(F)c1. The van der Waals surface area contributed by atoms with Gasteiger partial charge in [0.15, 0.2) is 0 Å². The number of hydrogen-bond acceptors (Lipinski definition) is 3. The number of pyridine rings is 1. The first-order chi connectivity index (χ1) is 8.58. The Labute approximate surface area is 111 Å². The lowest BCUT2D eigenvalue weighted by Gasteiger charge is -2.07. The molecule has 0 aliphatic heterocycles. The summed E-state index contributed by atoms with van der Waals surface area (Å²) in [6.07, 6.45) is 2.94. The van der Waals surface area contributed by atoms with Crippen molar-refractivity contribution in [2.45, 2.75) is 0 Å². The number of nitrogens with one attached hydrogen (secondary N) is 1. The summed E-state index contributed by atoms with van der Waals surface area (Å²) in [5, 5.41) is 2.59. The van der Waals surface area contributed by atoms with Crippen LogP contribution in [0.1, 0.15) is 10.4 Å². The molecule has 3 N–H and O–H groups in total. The zero-order valence-electron chi connectivity index (χ0n) is 9.15. The average Bonchev–Trinajstić information content (AvgIpc) is 2.35. The number of aromatic nitrogens is 1. The van der Waals surface area contributed by atoms with Gasteiger partial charge in [0.1, 0.15) is 5.82 Å². The molecular formula is C12H9BrFN3O. The Kier molecular flexibility index (Phi) is 3.57. The molecule has 0 aliphatic rings. The summed E-state index contributed by atoms with van der Waals surface area (Å²) in [4.78, 5) is 15.7. The second-order valence-corrected chi connectivity index (χ2v) is 4.40. The number of rotatable bonds is 2. The minimum absolute atomic E-state index is 0.215. The first kappa shape index (κ1) is 12.5. The van der Waals surface area contributed by atoms with E-state index in [1.165, 1.54) is 24.5 Å². The van der Waals surface area contributed by atoms with Gasteiger partial charge in [-0.25, -0.2) is 4.39 Å². The first-order valence-corrected chi connectivity index (χ1v) is 5.83. The maximum atomic E-state index is 13.3. The highest BCUT2D eigenvalue weighted by Gasteiger charge is 2.10. The van der Waals surface area contributed by atoms with E-state index >= 15 is 0 Å². The molecule has 0 bridgehead atoms. The third kappa shape index (κ3) is 2.65. The lowest BCUT2D eigenvalue weighted by atomic mass is 10.2. The predicted octanol–water partition coefficient (Wildman–Crippen LogP) is 2.82. The van der Waals surface area contributed by atoms with Crippen molar-refractivity contribution in [3.8, 4) is 0 Å². The predicted molar refractivity (Wildman–Crippen MR) is 70.7 cm³/mol. The molecule has 92 valence electrons. The van der Waals surface area contributed by atoms with Crippen molar-refractivity contribution >= 4 is 33.2 Å². The zero-order valence-corrected chi connectivity index (χ0v) is 10.7. The summed E-state index contributed by atoms with van der Waals surface area (Å²) in [6.45, 7) is 0. The molecule has 1 aromatic heterocycles. The lowest BCUT2D eigenvalue weighted by molar-refractivity contribution is 0.102. The van der Waals surface area contributed by atoms with E-state index in [1.54, 1.807) is 6.07 Å². The lowest BCUT2D eigenvalue weighted by Crippen LogP contribution is -2.13. The van der Waals surface area contributed by atoms with Crippen LogP contribution < -0.4 is 11.1 Å². The molecule has 0 unspecified atom stereocenters. The number of hydrogen-bond donors (Lipinski definition) is 2. The third-order valence-corrected chi connectivity index (χ3v) is 2.92. The fraction of sp³-hybridized carbons (Fsp3) is 0. The van der Waals surface area contributed by atoms with Crippen LogP contribution in [-0.2, 0) is 0 Å². The Bertz CT molecular complexity index is 604. The number of halogens is 2. The zero-order chi connectivity index (χ0) is 13.1. The highest BCUT2D eigenvalue weighted by molar-refractivity contribution is 9.10. The smallest absolute Gasteiger partial charge is 0.255 e. The maximum Gasteiger partial charge on any atom is 0.255 e. The van der Waals surface area contributed by atoms with Crippen LogP contribution >= 0.6 is 15.9 Å². The molecule has 2 aromatic rings. The van der Waals surface area contributed by atoms with E-state index in [0.29, 0.717) is 15.8 Å². The molecule has 0 saturated heterocycles. The number of amides is 1. The monoisotopic (exact) mass is 309 g/mol. The quantitative estimate of drug-likeness (QED) is 0.896. The van der Waals surface area contributed by atoms with E-state index in [-0.39, 0.29) is 5.56 Å². The Balaban J connectivity index is 2.22. The normalized spacial score (nSPS) is 10.1. The van der Waals surface area contributed by atoms with Crippen LogP contribution in [0.4, 0.5) is 15.8 Å². The summed E-state index contributed by atoms with van der Waals surface area (Å²) >= 11 is 3.02. The van der Waals surface area contributed by atoms with Gasteiger partial charge in [-0.1, -0.05) is 0 Å². The second kappa shape index (κ2) is 5.14. The summed E-state index contributed by atoms with van der Waals surface area (Å²) in [5.74, 6) is -0.926. The Hall–Kier alpha value is -1.95. The summed E-state index contributed by atoms with van der Waals surface area (Å²) < 4.78 is 13.6. The topological polar surface area (TPSA) is 68.0 Å². The van der Waals surface area contributed by atoms with Crippen LogP contribution in [0, 0.1) is 5.82 Å². The molecule has 0 saturated carbocycles. The van der Waals surface area contributed by atoms with E-state index in [9.17, 15) is 9.18 Å². The maximum absolute atomic E-state index is 13.3. The Morgan fingerprint density at radius 2 is 2.17 bits per heavy atom. The summed E-state index contributed by atoms with van der Waals surface area (Å²) in [6, 6.07) is 5.71. The second-order valence-electron chi connectivity index (χ2n) is 3.55. The fourth-order valence-electron chi connectivity index (χ4n) is 1.35. The molecular weight excluding hydrogens is 301 g/mol. The molecule has 0 spiro atoms. The number of carbonyl (C=O) groups is 1. The van der Waals surface area contributed by atoms with Crippen molar-refractivity contribution in [1.29, 1.82) is 0 Å². The van der Waals surface area contributed by atoms with Crippen molar-refractivity contribution < 1.29 is 9.18 Å². The van der Waals surface area contributed by atoms with Gasteiger partial charge < -0.3 is 11.1 Å². The number of nitrogens with zero attached hydrogens (tertiary/aromatic N) is 1. The van der Waals surface area contributed by atoms with Gasteiger partial charge in [0, 0.05) is 11.8 Å². The summed E-state index contributed by atoms with van der Waals surface area (Å²) in [5.41, 5.74) is 6.65. The highest BCUT2D eigenvalue weighted by atomic mass is 79.9. The van der Waals surface area contributed by atoms with Gasteiger partial charge >= 0.3 is 0 Å². The number of carbonyl (C=O) groups excluding carboxylic acids is 1. The standard InChI is InChI=1S/C12H9BrFN3O/c13-8-2-1-7(5-9(8)14)12(18)17-11-3-4-16-6-10(11)15/h1-6H,15H2,(H,16,17,18). The number of nitrogens with two attached hydrogens (primary N) is 1. The van der Waals surface area contributed by atoms with E-state index < -0.39 is 11.7 Å². The van der Waals surface area contributed by atoms with Crippen LogP contribution in [0.25, 0.3) is 0 Å². The minimum atomic E-state index is -0.495. The molecule has 0 atom stereocenters. The van der Waals surface area contributed by atoms with Crippen LogP contribution in [0.3, 0.4) is 0 Å². The van der Waals surface area contributed by atoms with Crippen LogP contribution in [0.5, 0.6) is 0 Å². The van der Waals surface area contributed by atoms with Gasteiger partial charge in [0.05, 0.1) is 22.0 Å². The van der Waals surface area contributed by atoms with Gasteiger partial charge in [0.25, 0.3) is 5.91 Å². The first-order valence-electron chi connectivity index (χ1n) is 5.04. The van der Waals surface area contributed by atoms with E-state index in [1.807, 2.05) is 0 Å². The van der Waals surface area contributed by atoms with Crippen LogP contribution in [0.2, 0.25) is 0 Å². The van der Waals surface area contributed by atoms with Crippen molar-refractivity contribution in [3.63, 3.8) is 0 Å². The van der Waals surface area contributed by atoms with Gasteiger partial charge in [0.2, 0.25) is 0 Å². The van der Waals surface area contributed by atoms with Crippen molar-refractivity contribution in [3.05, 3.63) is 52.5 Å². The van der Waals surface area contributed by atoms with Crippen molar-refractivity contribution in [2.24, 2.45) is 0 Å². The molecule has 0 fully saturated rings. The Morgan fingerprint density at radius 3 is 2.83 bits per heavy atom. The van der Waals surface area contributed by atoms with Crippen LogP contribution in [0.15, 0.2) is 41.1 Å². The molecule has 2 rings (SSSR count). The Morgan fingerprint density at radius 1 is 1.39 bits per heavy atom. The fourth-order valence-corrected chi connectivity index (χ4v) is 1.60. The number of nitrogen functional groups attached to an aromatic ring is 1. The minimum Gasteiger partial charge on any atom is -0.396 e. The molecule has 1 amide bonds. The number of benzene rings is 1. The van der Waals surface area contributed by atoms with Crippen molar-refractivity contribution in [1.82, 2.24) is 4.98 Å². The van der Waals surface area contributed by atoms with Gasteiger partial charge in [-0.15, -0.1) is 0 Å². The molecule has 0 radical (unpaired) electrons. The van der Waals surface area contributed by atoms with Crippen molar-refractivity contribution in [2.75, 3.05) is 11.1 Å². The van der Waals surface area contributed by atoms with E-state index in [0.717, 1.165) is 6.07 Å². The molecule has 18 heavy (non-hydrogen) atoms. The largest absolute Gasteiger partial charge is 0.396 e. The molecule has 1 heterocycles. The highest BCUT2D eigenvalue weighted by Crippen LogP contribution is 2.19. The molecule has 1 aromatic carbocycles. The van der Waals surface area contributed by atoms with E-state index in [4.69, 9.17) is 5.73 Å². The average molecular weight is 310 g/mol. The van der Waals surface area contributed by atoms with Gasteiger partial charge in [-0.05, 0) is 40.2 Å². The number of anilines is 2. The van der Waals surface area contributed by atoms with Crippen LogP contribution in [-0.4, -0.2) is 10.9 Å². The molecule has 6 heteroatoms.